The standard InChI is InChI=1S/C11H16BrClN2/c1-9(2)15(4-3-13)8-10-5-11(12)7-14-6-10/h5-7,9H,3-4,8H2,1-2H3. The number of rotatable bonds is 5. The van der Waals surface area contributed by atoms with E-state index in [1.165, 1.54) is 5.56 Å². The van der Waals surface area contributed by atoms with Crippen LogP contribution in [0.25, 0.3) is 0 Å². The van der Waals surface area contributed by atoms with Crippen molar-refractivity contribution in [1.29, 1.82) is 0 Å². The zero-order valence-corrected chi connectivity index (χ0v) is 11.4. The van der Waals surface area contributed by atoms with E-state index < -0.39 is 0 Å². The molecule has 0 radical (unpaired) electrons. The van der Waals surface area contributed by atoms with Gasteiger partial charge in [0.25, 0.3) is 0 Å². The Balaban J connectivity index is 2.65. The van der Waals surface area contributed by atoms with Gasteiger partial charge in [0.05, 0.1) is 0 Å². The summed E-state index contributed by atoms with van der Waals surface area (Å²) >= 11 is 9.19. The molecule has 0 aromatic carbocycles. The highest BCUT2D eigenvalue weighted by atomic mass is 79.9. The molecule has 0 saturated heterocycles. The predicted octanol–water partition coefficient (Wildman–Crippen LogP) is 3.29. The first kappa shape index (κ1) is 12.9. The zero-order chi connectivity index (χ0) is 11.3. The van der Waals surface area contributed by atoms with E-state index in [-0.39, 0.29) is 0 Å². The third kappa shape index (κ3) is 4.49. The number of hydrogen-bond donors (Lipinski definition) is 0. The van der Waals surface area contributed by atoms with Crippen molar-refractivity contribution in [3.05, 3.63) is 28.5 Å². The fourth-order valence-electron chi connectivity index (χ4n) is 1.41. The second-order valence-electron chi connectivity index (χ2n) is 3.76. The van der Waals surface area contributed by atoms with E-state index in [1.807, 2.05) is 6.20 Å². The molecule has 0 unspecified atom stereocenters. The molecule has 1 rings (SSSR count). The minimum atomic E-state index is 0.503. The minimum absolute atomic E-state index is 0.503. The number of aromatic nitrogens is 1. The van der Waals surface area contributed by atoms with Crippen molar-refractivity contribution in [2.24, 2.45) is 0 Å². The monoisotopic (exact) mass is 290 g/mol. The third-order valence-corrected chi connectivity index (χ3v) is 2.85. The number of hydrogen-bond acceptors (Lipinski definition) is 2. The first-order valence-electron chi connectivity index (χ1n) is 5.03. The molecule has 0 aliphatic heterocycles. The molecule has 0 N–H and O–H groups in total. The summed E-state index contributed by atoms with van der Waals surface area (Å²) in [4.78, 5) is 6.48. The molecule has 4 heteroatoms. The van der Waals surface area contributed by atoms with Gasteiger partial charge in [0.1, 0.15) is 0 Å². The Labute approximate surface area is 105 Å². The molecule has 0 aliphatic rings. The largest absolute Gasteiger partial charge is 0.295 e. The molecule has 0 spiro atoms. The van der Waals surface area contributed by atoms with Gasteiger partial charge in [-0.2, -0.15) is 0 Å². The van der Waals surface area contributed by atoms with Gasteiger partial charge in [-0.05, 0) is 41.4 Å². The topological polar surface area (TPSA) is 16.1 Å². The van der Waals surface area contributed by atoms with E-state index in [0.717, 1.165) is 17.6 Å². The lowest BCUT2D eigenvalue weighted by atomic mass is 10.2. The quantitative estimate of drug-likeness (QED) is 0.774. The van der Waals surface area contributed by atoms with Crippen LogP contribution in [0.3, 0.4) is 0 Å². The Morgan fingerprint density at radius 1 is 1.47 bits per heavy atom. The minimum Gasteiger partial charge on any atom is -0.295 e. The third-order valence-electron chi connectivity index (χ3n) is 2.25. The Bertz CT molecular complexity index is 304. The van der Waals surface area contributed by atoms with Crippen LogP contribution >= 0.6 is 27.5 Å². The Kier molecular flexibility index (Phi) is 5.58. The number of nitrogens with zero attached hydrogens (tertiary/aromatic N) is 2. The van der Waals surface area contributed by atoms with Gasteiger partial charge in [-0.15, -0.1) is 11.6 Å². The van der Waals surface area contributed by atoms with Gasteiger partial charge < -0.3 is 0 Å². The van der Waals surface area contributed by atoms with Crippen LogP contribution < -0.4 is 0 Å². The van der Waals surface area contributed by atoms with Crippen LogP contribution in [0.1, 0.15) is 19.4 Å². The fraction of sp³-hybridized carbons (Fsp3) is 0.545. The number of alkyl halides is 1. The van der Waals surface area contributed by atoms with Crippen molar-refractivity contribution >= 4 is 27.5 Å². The normalized spacial score (nSPS) is 11.3. The molecule has 1 aromatic rings. The summed E-state index contributed by atoms with van der Waals surface area (Å²) in [6.45, 7) is 6.17. The lowest BCUT2D eigenvalue weighted by molar-refractivity contribution is 0.226. The van der Waals surface area contributed by atoms with Gasteiger partial charge in [-0.1, -0.05) is 0 Å². The number of pyridine rings is 1. The van der Waals surface area contributed by atoms with Crippen LogP contribution in [-0.2, 0) is 6.54 Å². The summed E-state index contributed by atoms with van der Waals surface area (Å²) in [6, 6.07) is 2.60. The maximum absolute atomic E-state index is 5.77. The molecule has 0 fully saturated rings. The maximum Gasteiger partial charge on any atom is 0.0410 e. The van der Waals surface area contributed by atoms with Gasteiger partial charge >= 0.3 is 0 Å². The molecule has 15 heavy (non-hydrogen) atoms. The van der Waals surface area contributed by atoms with E-state index in [0.29, 0.717) is 11.9 Å². The molecule has 0 atom stereocenters. The van der Waals surface area contributed by atoms with E-state index in [1.54, 1.807) is 6.20 Å². The zero-order valence-electron chi connectivity index (χ0n) is 9.08. The first-order chi connectivity index (χ1) is 7.13. The van der Waals surface area contributed by atoms with Crippen molar-refractivity contribution in [3.8, 4) is 0 Å². The Morgan fingerprint density at radius 3 is 2.73 bits per heavy atom. The lowest BCUT2D eigenvalue weighted by Gasteiger charge is -2.25. The molecule has 2 nitrogen and oxygen atoms in total. The summed E-state index contributed by atoms with van der Waals surface area (Å²) in [7, 11) is 0. The summed E-state index contributed by atoms with van der Waals surface area (Å²) < 4.78 is 1.02. The molecule has 0 aliphatic carbocycles. The van der Waals surface area contributed by atoms with Crippen molar-refractivity contribution in [3.63, 3.8) is 0 Å². The second kappa shape index (κ2) is 6.46. The predicted molar refractivity (Wildman–Crippen MR) is 68.2 cm³/mol. The molecule has 1 aromatic heterocycles. The molecular weight excluding hydrogens is 275 g/mol. The molecule has 0 bridgehead atoms. The van der Waals surface area contributed by atoms with Crippen molar-refractivity contribution in [2.75, 3.05) is 12.4 Å². The van der Waals surface area contributed by atoms with Gasteiger partial charge in [0, 0.05) is 41.9 Å². The fourth-order valence-corrected chi connectivity index (χ4v) is 2.03. The smallest absolute Gasteiger partial charge is 0.0410 e. The molecule has 0 saturated carbocycles. The maximum atomic E-state index is 5.77. The first-order valence-corrected chi connectivity index (χ1v) is 6.35. The molecular formula is C11H16BrClN2. The second-order valence-corrected chi connectivity index (χ2v) is 5.06. The van der Waals surface area contributed by atoms with Crippen LogP contribution in [0, 0.1) is 0 Å². The lowest BCUT2D eigenvalue weighted by Crippen LogP contribution is -2.32. The Morgan fingerprint density at radius 2 is 2.20 bits per heavy atom. The van der Waals surface area contributed by atoms with Crippen LogP contribution in [0.2, 0.25) is 0 Å². The molecule has 0 amide bonds. The van der Waals surface area contributed by atoms with Gasteiger partial charge in [-0.3, -0.25) is 9.88 Å². The Hall–Kier alpha value is -0.120. The highest BCUT2D eigenvalue weighted by molar-refractivity contribution is 9.10. The van der Waals surface area contributed by atoms with Gasteiger partial charge in [0.2, 0.25) is 0 Å². The summed E-state index contributed by atoms with van der Waals surface area (Å²) in [5.74, 6) is 0.666. The summed E-state index contributed by atoms with van der Waals surface area (Å²) in [5.41, 5.74) is 1.21. The van der Waals surface area contributed by atoms with Crippen LogP contribution in [0.5, 0.6) is 0 Å². The van der Waals surface area contributed by atoms with E-state index in [2.05, 4.69) is 45.7 Å². The van der Waals surface area contributed by atoms with Crippen LogP contribution in [-0.4, -0.2) is 28.4 Å². The highest BCUT2D eigenvalue weighted by Crippen LogP contribution is 2.13. The SMILES string of the molecule is CC(C)N(CCCl)Cc1cncc(Br)c1. The van der Waals surface area contributed by atoms with E-state index in [9.17, 15) is 0 Å². The molecule has 84 valence electrons. The van der Waals surface area contributed by atoms with Crippen LogP contribution in [0.15, 0.2) is 22.9 Å². The van der Waals surface area contributed by atoms with E-state index in [4.69, 9.17) is 11.6 Å². The highest BCUT2D eigenvalue weighted by Gasteiger charge is 2.09. The van der Waals surface area contributed by atoms with Crippen molar-refractivity contribution in [1.82, 2.24) is 9.88 Å². The van der Waals surface area contributed by atoms with Gasteiger partial charge in [-0.25, -0.2) is 0 Å². The summed E-state index contributed by atoms with van der Waals surface area (Å²) in [5, 5.41) is 0. The van der Waals surface area contributed by atoms with Crippen molar-refractivity contribution in [2.45, 2.75) is 26.4 Å². The van der Waals surface area contributed by atoms with E-state index >= 15 is 0 Å². The van der Waals surface area contributed by atoms with Crippen molar-refractivity contribution < 1.29 is 0 Å². The average molecular weight is 292 g/mol. The summed E-state index contributed by atoms with van der Waals surface area (Å²) in [6.07, 6.45) is 3.69. The number of halogens is 2. The van der Waals surface area contributed by atoms with Gasteiger partial charge in [0.15, 0.2) is 0 Å². The average Bonchev–Trinajstić information content (AvgIpc) is 2.17. The van der Waals surface area contributed by atoms with Crippen LogP contribution in [0.4, 0.5) is 0 Å². The molecule has 1 heterocycles.